The minimum atomic E-state index is -4.56. The molecule has 0 aromatic carbocycles. The Kier molecular flexibility index (Phi) is 2.97. The molecule has 0 saturated carbocycles. The number of nitrogens with one attached hydrogen (secondary N) is 1. The molecule has 0 unspecified atom stereocenters. The minimum absolute atomic E-state index is 0.0154. The van der Waals surface area contributed by atoms with Gasteiger partial charge in [0.2, 0.25) is 0 Å². The topological polar surface area (TPSA) is 54.9 Å². The van der Waals surface area contributed by atoms with E-state index in [0.717, 1.165) is 11.3 Å². The van der Waals surface area contributed by atoms with Gasteiger partial charge in [0.05, 0.1) is 15.8 Å². The third-order valence-corrected chi connectivity index (χ3v) is 3.24. The quantitative estimate of drug-likeness (QED) is 0.869. The van der Waals surface area contributed by atoms with Crippen LogP contribution in [0.5, 0.6) is 0 Å². The zero-order valence-electron chi connectivity index (χ0n) is 9.42. The summed E-state index contributed by atoms with van der Waals surface area (Å²) in [5, 5.41) is 3.72. The highest BCUT2D eigenvalue weighted by molar-refractivity contribution is 7.17. The highest BCUT2D eigenvalue weighted by Gasteiger charge is 2.36. The summed E-state index contributed by atoms with van der Waals surface area (Å²) in [6.45, 7) is 1.36. The SMILES string of the molecule is CNC(=O)c1csc2c(C(F)(F)F)nc(C)nc12. The van der Waals surface area contributed by atoms with Gasteiger partial charge in [-0.3, -0.25) is 4.79 Å². The minimum Gasteiger partial charge on any atom is -0.355 e. The van der Waals surface area contributed by atoms with Gasteiger partial charge in [-0.2, -0.15) is 13.2 Å². The number of carbonyl (C=O) groups is 1. The molecule has 0 radical (unpaired) electrons. The lowest BCUT2D eigenvalue weighted by Gasteiger charge is -2.07. The van der Waals surface area contributed by atoms with Crippen LogP contribution >= 0.6 is 11.3 Å². The molecule has 2 rings (SSSR count). The molecule has 0 aliphatic carbocycles. The van der Waals surface area contributed by atoms with E-state index in [9.17, 15) is 18.0 Å². The van der Waals surface area contributed by atoms with Crippen molar-refractivity contribution in [2.45, 2.75) is 13.1 Å². The number of thiophene rings is 1. The fourth-order valence-corrected chi connectivity index (χ4v) is 2.51. The number of nitrogens with zero attached hydrogens (tertiary/aromatic N) is 2. The number of hydrogen-bond donors (Lipinski definition) is 1. The number of halogens is 3. The standard InChI is InChI=1S/C10H8F3N3OS/c1-4-15-6-5(9(17)14-2)3-18-7(6)8(16-4)10(11,12)13/h3H,1-2H3,(H,14,17). The number of aryl methyl sites for hydroxylation is 1. The van der Waals surface area contributed by atoms with E-state index in [-0.39, 0.29) is 21.6 Å². The first-order valence-corrected chi connectivity index (χ1v) is 5.77. The van der Waals surface area contributed by atoms with Crippen LogP contribution in [0.4, 0.5) is 13.2 Å². The molecule has 4 nitrogen and oxygen atoms in total. The molecule has 2 aromatic heterocycles. The number of aromatic nitrogens is 2. The van der Waals surface area contributed by atoms with Crippen molar-refractivity contribution in [1.82, 2.24) is 15.3 Å². The van der Waals surface area contributed by atoms with Crippen molar-refractivity contribution in [3.8, 4) is 0 Å². The Labute approximate surface area is 104 Å². The Hall–Kier alpha value is -1.70. The zero-order valence-corrected chi connectivity index (χ0v) is 10.2. The second kappa shape index (κ2) is 4.20. The second-order valence-electron chi connectivity index (χ2n) is 3.52. The van der Waals surface area contributed by atoms with Gasteiger partial charge in [-0.25, -0.2) is 9.97 Å². The molecule has 96 valence electrons. The molecule has 0 aliphatic heterocycles. The first kappa shape index (κ1) is 12.7. The van der Waals surface area contributed by atoms with Crippen LogP contribution in [0.1, 0.15) is 21.9 Å². The van der Waals surface area contributed by atoms with Gasteiger partial charge in [-0.05, 0) is 6.92 Å². The Bertz CT molecular complexity index is 621. The third-order valence-electron chi connectivity index (χ3n) is 2.27. The molecule has 1 amide bonds. The lowest BCUT2D eigenvalue weighted by atomic mass is 10.2. The molecule has 0 fully saturated rings. The number of amides is 1. The summed E-state index contributed by atoms with van der Waals surface area (Å²) in [7, 11) is 1.41. The van der Waals surface area contributed by atoms with Gasteiger partial charge in [-0.1, -0.05) is 0 Å². The Morgan fingerprint density at radius 2 is 2.06 bits per heavy atom. The lowest BCUT2D eigenvalue weighted by molar-refractivity contribution is -0.139. The molecule has 0 aliphatic rings. The average molecular weight is 275 g/mol. The molecule has 2 aromatic rings. The maximum Gasteiger partial charge on any atom is 0.434 e. The van der Waals surface area contributed by atoms with Crippen LogP contribution in [0, 0.1) is 6.92 Å². The molecular weight excluding hydrogens is 267 g/mol. The van der Waals surface area contributed by atoms with Crippen LogP contribution in [0.25, 0.3) is 10.2 Å². The molecule has 1 N–H and O–H groups in total. The average Bonchev–Trinajstić information content (AvgIpc) is 2.69. The van der Waals surface area contributed by atoms with E-state index < -0.39 is 17.8 Å². The van der Waals surface area contributed by atoms with Crippen LogP contribution in [-0.4, -0.2) is 22.9 Å². The molecule has 2 heterocycles. The summed E-state index contributed by atoms with van der Waals surface area (Å²) in [5.41, 5.74) is -0.821. The van der Waals surface area contributed by atoms with Gasteiger partial charge >= 0.3 is 6.18 Å². The fourth-order valence-electron chi connectivity index (χ4n) is 1.52. The normalized spacial score (nSPS) is 11.8. The predicted molar refractivity (Wildman–Crippen MR) is 60.5 cm³/mol. The summed E-state index contributed by atoms with van der Waals surface area (Å²) in [6, 6.07) is 0. The van der Waals surface area contributed by atoms with Crippen LogP contribution in [0.3, 0.4) is 0 Å². The van der Waals surface area contributed by atoms with E-state index in [4.69, 9.17) is 0 Å². The van der Waals surface area contributed by atoms with E-state index in [1.165, 1.54) is 19.4 Å². The van der Waals surface area contributed by atoms with E-state index in [2.05, 4.69) is 15.3 Å². The molecule has 0 saturated heterocycles. The first-order valence-electron chi connectivity index (χ1n) is 4.89. The van der Waals surface area contributed by atoms with Gasteiger partial charge < -0.3 is 5.32 Å². The summed E-state index contributed by atoms with van der Waals surface area (Å²) in [6.07, 6.45) is -4.56. The number of rotatable bonds is 1. The molecule has 0 spiro atoms. The summed E-state index contributed by atoms with van der Waals surface area (Å²) in [5.74, 6) is -0.481. The molecule has 0 bridgehead atoms. The number of hydrogen-bond acceptors (Lipinski definition) is 4. The van der Waals surface area contributed by atoms with E-state index in [1.54, 1.807) is 0 Å². The zero-order chi connectivity index (χ0) is 13.5. The Balaban J connectivity index is 2.77. The van der Waals surface area contributed by atoms with Crippen molar-refractivity contribution in [3.05, 3.63) is 22.5 Å². The lowest BCUT2D eigenvalue weighted by Crippen LogP contribution is -2.18. The molecule has 18 heavy (non-hydrogen) atoms. The van der Waals surface area contributed by atoms with Crippen molar-refractivity contribution in [1.29, 1.82) is 0 Å². The summed E-state index contributed by atoms with van der Waals surface area (Å²) >= 11 is 0.814. The Morgan fingerprint density at radius 1 is 1.39 bits per heavy atom. The van der Waals surface area contributed by atoms with Crippen molar-refractivity contribution in [2.24, 2.45) is 0 Å². The van der Waals surface area contributed by atoms with E-state index in [0.29, 0.717) is 0 Å². The van der Waals surface area contributed by atoms with Crippen molar-refractivity contribution in [3.63, 3.8) is 0 Å². The van der Waals surface area contributed by atoms with Crippen LogP contribution in [0.2, 0.25) is 0 Å². The van der Waals surface area contributed by atoms with Crippen molar-refractivity contribution in [2.75, 3.05) is 7.05 Å². The maximum absolute atomic E-state index is 12.8. The maximum atomic E-state index is 12.8. The third kappa shape index (κ3) is 2.03. The summed E-state index contributed by atoms with van der Waals surface area (Å²) in [4.78, 5) is 18.8. The van der Waals surface area contributed by atoms with Gasteiger partial charge in [-0.15, -0.1) is 11.3 Å². The second-order valence-corrected chi connectivity index (χ2v) is 4.40. The summed E-state index contributed by atoms with van der Waals surface area (Å²) < 4.78 is 38.3. The fraction of sp³-hybridized carbons (Fsp3) is 0.300. The van der Waals surface area contributed by atoms with Crippen LogP contribution < -0.4 is 5.32 Å². The molecular formula is C10H8F3N3OS. The van der Waals surface area contributed by atoms with Gasteiger partial charge in [0.15, 0.2) is 5.69 Å². The van der Waals surface area contributed by atoms with Crippen LogP contribution in [0.15, 0.2) is 5.38 Å². The number of alkyl halides is 3. The van der Waals surface area contributed by atoms with E-state index >= 15 is 0 Å². The number of fused-ring (bicyclic) bond motifs is 1. The Morgan fingerprint density at radius 3 is 2.61 bits per heavy atom. The highest BCUT2D eigenvalue weighted by atomic mass is 32.1. The highest BCUT2D eigenvalue weighted by Crippen LogP contribution is 2.36. The molecule has 0 atom stereocenters. The largest absolute Gasteiger partial charge is 0.434 e. The van der Waals surface area contributed by atoms with Gasteiger partial charge in [0.1, 0.15) is 5.82 Å². The van der Waals surface area contributed by atoms with E-state index in [1.807, 2.05) is 0 Å². The van der Waals surface area contributed by atoms with Crippen molar-refractivity contribution < 1.29 is 18.0 Å². The van der Waals surface area contributed by atoms with Gasteiger partial charge in [0, 0.05) is 12.4 Å². The number of carbonyl (C=O) groups excluding carboxylic acids is 1. The van der Waals surface area contributed by atoms with Crippen LogP contribution in [-0.2, 0) is 6.18 Å². The van der Waals surface area contributed by atoms with Gasteiger partial charge in [0.25, 0.3) is 5.91 Å². The predicted octanol–water partition coefficient (Wildman–Crippen LogP) is 2.38. The monoisotopic (exact) mass is 275 g/mol. The molecule has 8 heteroatoms. The smallest absolute Gasteiger partial charge is 0.355 e. The van der Waals surface area contributed by atoms with Crippen molar-refractivity contribution >= 4 is 27.5 Å². The first-order chi connectivity index (χ1) is 8.34.